The average Bonchev–Trinajstić information content (AvgIpc) is 1.96. The number of carboxylic acid groups (broad SMARTS) is 1. The van der Waals surface area contributed by atoms with Crippen LogP contribution >= 0.6 is 0 Å². The number of carboxylic acids is 1. The Morgan fingerprint density at radius 2 is 2.15 bits per heavy atom. The molecular weight excluding hydrogens is 174 g/mol. The first-order valence-electron chi connectivity index (χ1n) is 3.63. The lowest BCUT2D eigenvalue weighted by molar-refractivity contribution is -0.138. The molecule has 1 unspecified atom stereocenters. The lowest BCUT2D eigenvalue weighted by atomic mass is 9.88. The first kappa shape index (κ1) is 12.0. The molecule has 0 fully saturated rings. The monoisotopic (exact) mass is 184 g/mol. The molecule has 6 nitrogen and oxygen atoms in total. The van der Waals surface area contributed by atoms with Crippen molar-refractivity contribution in [3.8, 4) is 0 Å². The molecule has 0 saturated heterocycles. The Hall–Kier alpha value is -1.01. The summed E-state index contributed by atoms with van der Waals surface area (Å²) >= 11 is 0. The van der Waals surface area contributed by atoms with Gasteiger partial charge in [0, 0.05) is 6.54 Å². The summed E-state index contributed by atoms with van der Waals surface area (Å²) in [5, 5.41) is 21.7. The Bertz CT molecular complexity index is 199. The molecule has 8 heteroatoms. The summed E-state index contributed by atoms with van der Waals surface area (Å²) in [5.74, 6) is -2.13. The zero-order valence-corrected chi connectivity index (χ0v) is 7.15. The van der Waals surface area contributed by atoms with Gasteiger partial charge in [-0.3, -0.25) is 4.79 Å². The number of rotatable bonds is 5. The van der Waals surface area contributed by atoms with Crippen molar-refractivity contribution in [3.63, 3.8) is 0 Å². The fraction of sp³-hybridized carbons (Fsp3) is 0.600. The van der Waals surface area contributed by atoms with Crippen molar-refractivity contribution in [3.05, 3.63) is 0 Å². The van der Waals surface area contributed by atoms with Gasteiger partial charge in [0.2, 0.25) is 7.85 Å². The highest BCUT2D eigenvalue weighted by atomic mass is 16.4. The van der Waals surface area contributed by atoms with Gasteiger partial charge in [0.15, 0.2) is 5.81 Å². The van der Waals surface area contributed by atoms with Crippen LogP contribution in [0.5, 0.6) is 0 Å². The van der Waals surface area contributed by atoms with Crippen LogP contribution in [0.25, 0.3) is 0 Å². The SMILES string of the molecule is [B]C(=O)NC(CNB(C)O)C(=O)O. The second-order valence-corrected chi connectivity index (χ2v) is 2.48. The molecule has 0 rings (SSSR count). The molecule has 0 aliphatic carbocycles. The maximum absolute atomic E-state index is 10.5. The molecule has 0 saturated carbocycles. The van der Waals surface area contributed by atoms with Crippen molar-refractivity contribution in [2.75, 3.05) is 6.54 Å². The van der Waals surface area contributed by atoms with E-state index < -0.39 is 24.9 Å². The number of hydrogen-bond donors (Lipinski definition) is 4. The van der Waals surface area contributed by atoms with Crippen molar-refractivity contribution in [1.82, 2.24) is 10.5 Å². The highest BCUT2D eigenvalue weighted by molar-refractivity contribution is 6.57. The molecule has 0 aromatic heterocycles. The molecule has 1 amide bonds. The largest absolute Gasteiger partial charge is 0.480 e. The second-order valence-electron chi connectivity index (χ2n) is 2.48. The van der Waals surface area contributed by atoms with Crippen LogP contribution in [0.2, 0.25) is 6.82 Å². The number of amides is 1. The van der Waals surface area contributed by atoms with Gasteiger partial charge in [-0.05, 0) is 6.82 Å². The average molecular weight is 184 g/mol. The number of carbonyl (C=O) groups excluding carboxylic acids is 1. The van der Waals surface area contributed by atoms with Crippen molar-refractivity contribution in [1.29, 1.82) is 0 Å². The molecule has 0 aromatic carbocycles. The van der Waals surface area contributed by atoms with Gasteiger partial charge in [0.25, 0.3) is 0 Å². The van der Waals surface area contributed by atoms with Crippen molar-refractivity contribution in [2.45, 2.75) is 12.9 Å². The van der Waals surface area contributed by atoms with Gasteiger partial charge >= 0.3 is 13.0 Å². The fourth-order valence-corrected chi connectivity index (χ4v) is 0.660. The normalized spacial score (nSPS) is 11.8. The molecule has 0 aliphatic heterocycles. The summed E-state index contributed by atoms with van der Waals surface area (Å²) in [5.41, 5.74) is 0. The third-order valence-corrected chi connectivity index (χ3v) is 1.23. The van der Waals surface area contributed by atoms with Crippen LogP contribution in [-0.4, -0.2) is 49.4 Å². The smallest absolute Gasteiger partial charge is 0.373 e. The van der Waals surface area contributed by atoms with Crippen LogP contribution < -0.4 is 10.5 Å². The van der Waals surface area contributed by atoms with E-state index in [4.69, 9.17) is 18.0 Å². The van der Waals surface area contributed by atoms with Crippen molar-refractivity contribution in [2.24, 2.45) is 0 Å². The first-order chi connectivity index (χ1) is 5.93. The molecule has 0 aliphatic rings. The summed E-state index contributed by atoms with van der Waals surface area (Å²) in [6.07, 6.45) is 0. The summed E-state index contributed by atoms with van der Waals surface area (Å²) in [6.45, 7) is 1.35. The lowest BCUT2D eigenvalue weighted by Gasteiger charge is -2.14. The predicted molar refractivity (Wildman–Crippen MR) is 47.5 cm³/mol. The van der Waals surface area contributed by atoms with Gasteiger partial charge in [-0.15, -0.1) is 0 Å². The quantitative estimate of drug-likeness (QED) is 0.371. The highest BCUT2D eigenvalue weighted by Crippen LogP contribution is 1.82. The van der Waals surface area contributed by atoms with Gasteiger partial charge in [0.1, 0.15) is 6.04 Å². The molecule has 1 atom stereocenters. The molecule has 0 aromatic rings. The maximum atomic E-state index is 10.5. The zero-order valence-electron chi connectivity index (χ0n) is 7.15. The summed E-state index contributed by atoms with van der Waals surface area (Å²) in [6, 6.07) is -1.13. The van der Waals surface area contributed by atoms with Crippen LogP contribution in [0.3, 0.4) is 0 Å². The summed E-state index contributed by atoms with van der Waals surface area (Å²) < 4.78 is 0. The predicted octanol–water partition coefficient (Wildman–Crippen LogP) is -1.98. The first-order valence-corrected chi connectivity index (χ1v) is 3.63. The molecule has 0 heterocycles. The third-order valence-electron chi connectivity index (χ3n) is 1.23. The van der Waals surface area contributed by atoms with E-state index in [1.165, 1.54) is 6.82 Å². The van der Waals surface area contributed by atoms with E-state index in [2.05, 4.69) is 5.23 Å². The Balaban J connectivity index is 3.95. The standard InChI is InChI=1S/C5H10B2N2O4/c1-7(13)8-2-3(4(10)11)9-5(6)12/h3,8,13H,2H2,1H3,(H,9,12)(H,10,11). The second kappa shape index (κ2) is 5.60. The maximum Gasteiger partial charge on any atom is 0.373 e. The molecule has 0 bridgehead atoms. The Morgan fingerprint density at radius 1 is 1.62 bits per heavy atom. The number of aliphatic carboxylic acids is 1. The van der Waals surface area contributed by atoms with E-state index in [1.807, 2.05) is 5.32 Å². The molecule has 4 N–H and O–H groups in total. The van der Waals surface area contributed by atoms with E-state index in [0.29, 0.717) is 0 Å². The number of nitrogens with one attached hydrogen (secondary N) is 2. The molecular formula is C5H10B2N2O4. The van der Waals surface area contributed by atoms with E-state index in [1.54, 1.807) is 0 Å². The Morgan fingerprint density at radius 3 is 2.46 bits per heavy atom. The minimum absolute atomic E-state index is 0.0874. The summed E-state index contributed by atoms with van der Waals surface area (Å²) in [7, 11) is 3.90. The van der Waals surface area contributed by atoms with Crippen LogP contribution in [0.4, 0.5) is 4.79 Å². The van der Waals surface area contributed by atoms with E-state index in [9.17, 15) is 9.59 Å². The zero-order chi connectivity index (χ0) is 10.4. The van der Waals surface area contributed by atoms with E-state index in [-0.39, 0.29) is 6.54 Å². The minimum Gasteiger partial charge on any atom is -0.480 e. The van der Waals surface area contributed by atoms with Crippen molar-refractivity contribution >= 4 is 26.7 Å². The van der Waals surface area contributed by atoms with Gasteiger partial charge in [-0.2, -0.15) is 0 Å². The molecule has 0 spiro atoms. The third kappa shape index (κ3) is 6.18. The fourth-order valence-electron chi connectivity index (χ4n) is 0.660. The van der Waals surface area contributed by atoms with E-state index in [0.717, 1.165) is 0 Å². The molecule has 2 radical (unpaired) electrons. The van der Waals surface area contributed by atoms with Gasteiger partial charge in [-0.25, -0.2) is 4.79 Å². The summed E-state index contributed by atoms with van der Waals surface area (Å²) in [4.78, 5) is 20.8. The van der Waals surface area contributed by atoms with Gasteiger partial charge in [-0.1, -0.05) is 0 Å². The van der Waals surface area contributed by atoms with Crippen LogP contribution in [0.1, 0.15) is 0 Å². The number of hydrogen-bond acceptors (Lipinski definition) is 4. The van der Waals surface area contributed by atoms with Gasteiger partial charge < -0.3 is 20.7 Å². The van der Waals surface area contributed by atoms with Crippen LogP contribution in [0, 0.1) is 0 Å². The van der Waals surface area contributed by atoms with Crippen LogP contribution in [-0.2, 0) is 4.79 Å². The Labute approximate surface area is 77.2 Å². The molecule has 70 valence electrons. The van der Waals surface area contributed by atoms with Gasteiger partial charge in [0.05, 0.1) is 0 Å². The van der Waals surface area contributed by atoms with E-state index >= 15 is 0 Å². The van der Waals surface area contributed by atoms with Crippen molar-refractivity contribution < 1.29 is 19.7 Å². The highest BCUT2D eigenvalue weighted by Gasteiger charge is 2.18. The van der Waals surface area contributed by atoms with Crippen LogP contribution in [0.15, 0.2) is 0 Å². The lowest BCUT2D eigenvalue weighted by Crippen LogP contribution is -2.49. The molecule has 13 heavy (non-hydrogen) atoms. The minimum atomic E-state index is -1.22. The topological polar surface area (TPSA) is 98.7 Å². The number of carbonyl (C=O) groups is 2. The Kier molecular flexibility index (Phi) is 5.17.